The van der Waals surface area contributed by atoms with E-state index in [1.165, 1.54) is 12.4 Å². The quantitative estimate of drug-likeness (QED) is 0.488. The molecule has 1 heterocycles. The molecule has 0 saturated carbocycles. The summed E-state index contributed by atoms with van der Waals surface area (Å²) in [4.78, 5) is 19.0. The van der Waals surface area contributed by atoms with Crippen LogP contribution in [0.2, 0.25) is 5.15 Å². The molecule has 0 aliphatic carbocycles. The zero-order valence-electron chi connectivity index (χ0n) is 10.2. The molecule has 0 saturated heterocycles. The SMILES string of the molecule is CCC(=O)Oc1ccccc1Oc1cc(Cl)ncn1. The Morgan fingerprint density at radius 2 is 2.00 bits per heavy atom. The van der Waals surface area contributed by atoms with E-state index in [0.717, 1.165) is 0 Å². The molecular weight excluding hydrogens is 268 g/mol. The summed E-state index contributed by atoms with van der Waals surface area (Å²) in [6.45, 7) is 1.72. The zero-order valence-corrected chi connectivity index (χ0v) is 10.9. The van der Waals surface area contributed by atoms with E-state index in [1.54, 1.807) is 31.2 Å². The third-order valence-corrected chi connectivity index (χ3v) is 2.39. The van der Waals surface area contributed by atoms with Crippen molar-refractivity contribution >= 4 is 17.6 Å². The Hall–Kier alpha value is -2.14. The normalized spacial score (nSPS) is 10.0. The van der Waals surface area contributed by atoms with Crippen LogP contribution in [0.1, 0.15) is 13.3 Å². The highest BCUT2D eigenvalue weighted by molar-refractivity contribution is 6.29. The second kappa shape index (κ2) is 6.15. The van der Waals surface area contributed by atoms with Crippen molar-refractivity contribution in [1.82, 2.24) is 9.97 Å². The molecule has 0 bridgehead atoms. The lowest BCUT2D eigenvalue weighted by Gasteiger charge is -2.09. The summed E-state index contributed by atoms with van der Waals surface area (Å²) < 4.78 is 10.7. The van der Waals surface area contributed by atoms with Gasteiger partial charge in [0.2, 0.25) is 5.88 Å². The van der Waals surface area contributed by atoms with E-state index in [4.69, 9.17) is 21.1 Å². The van der Waals surface area contributed by atoms with Gasteiger partial charge in [-0.15, -0.1) is 0 Å². The monoisotopic (exact) mass is 278 g/mol. The van der Waals surface area contributed by atoms with Crippen LogP contribution in [0.3, 0.4) is 0 Å². The molecular formula is C13H11ClN2O3. The number of para-hydroxylation sites is 2. The highest BCUT2D eigenvalue weighted by Gasteiger charge is 2.10. The van der Waals surface area contributed by atoms with E-state index in [2.05, 4.69) is 9.97 Å². The van der Waals surface area contributed by atoms with Crippen LogP contribution in [0.5, 0.6) is 17.4 Å². The largest absolute Gasteiger partial charge is 0.435 e. The van der Waals surface area contributed by atoms with Gasteiger partial charge in [0.25, 0.3) is 0 Å². The predicted octanol–water partition coefficient (Wildman–Crippen LogP) is 3.24. The van der Waals surface area contributed by atoms with Crippen LogP contribution in [-0.2, 0) is 4.79 Å². The molecule has 2 aromatic rings. The first-order valence-electron chi connectivity index (χ1n) is 5.64. The van der Waals surface area contributed by atoms with Gasteiger partial charge in [-0.05, 0) is 12.1 Å². The molecule has 6 heteroatoms. The van der Waals surface area contributed by atoms with Crippen molar-refractivity contribution < 1.29 is 14.3 Å². The average molecular weight is 279 g/mol. The number of halogens is 1. The van der Waals surface area contributed by atoms with E-state index < -0.39 is 0 Å². The fourth-order valence-corrected chi connectivity index (χ4v) is 1.44. The number of hydrogen-bond donors (Lipinski definition) is 0. The molecule has 5 nitrogen and oxygen atoms in total. The van der Waals surface area contributed by atoms with Gasteiger partial charge in [0.05, 0.1) is 0 Å². The third kappa shape index (κ3) is 3.66. The molecule has 0 spiro atoms. The fourth-order valence-electron chi connectivity index (χ4n) is 1.30. The lowest BCUT2D eigenvalue weighted by molar-refractivity contribution is -0.134. The van der Waals surface area contributed by atoms with Gasteiger partial charge < -0.3 is 9.47 Å². The van der Waals surface area contributed by atoms with Crippen molar-refractivity contribution in [3.63, 3.8) is 0 Å². The molecule has 2 rings (SSSR count). The van der Waals surface area contributed by atoms with Gasteiger partial charge in [0, 0.05) is 12.5 Å². The maximum absolute atomic E-state index is 11.3. The van der Waals surface area contributed by atoms with Gasteiger partial charge in [0.1, 0.15) is 11.5 Å². The number of carbonyl (C=O) groups excluding carboxylic acids is 1. The van der Waals surface area contributed by atoms with Crippen LogP contribution in [0.4, 0.5) is 0 Å². The van der Waals surface area contributed by atoms with Crippen LogP contribution < -0.4 is 9.47 Å². The first-order chi connectivity index (χ1) is 9.19. The Kier molecular flexibility index (Phi) is 4.30. The predicted molar refractivity (Wildman–Crippen MR) is 69.5 cm³/mol. The Morgan fingerprint density at radius 3 is 2.68 bits per heavy atom. The van der Waals surface area contributed by atoms with Crippen LogP contribution >= 0.6 is 11.6 Å². The second-order valence-electron chi connectivity index (χ2n) is 3.56. The summed E-state index contributed by atoms with van der Waals surface area (Å²) in [5.41, 5.74) is 0. The number of rotatable bonds is 4. The smallest absolute Gasteiger partial charge is 0.311 e. The van der Waals surface area contributed by atoms with E-state index >= 15 is 0 Å². The number of aromatic nitrogens is 2. The van der Waals surface area contributed by atoms with E-state index in [9.17, 15) is 4.79 Å². The van der Waals surface area contributed by atoms with Gasteiger partial charge in [-0.3, -0.25) is 4.79 Å². The van der Waals surface area contributed by atoms with Gasteiger partial charge in [-0.25, -0.2) is 9.97 Å². The standard InChI is InChI=1S/C13H11ClN2O3/c1-2-13(17)19-10-6-4-3-5-9(10)18-12-7-11(14)15-8-16-12/h3-8H,2H2,1H3. The molecule has 1 aromatic carbocycles. The highest BCUT2D eigenvalue weighted by Crippen LogP contribution is 2.30. The van der Waals surface area contributed by atoms with E-state index in [0.29, 0.717) is 11.5 Å². The number of benzene rings is 1. The zero-order chi connectivity index (χ0) is 13.7. The molecule has 0 atom stereocenters. The molecule has 0 radical (unpaired) electrons. The molecule has 98 valence electrons. The average Bonchev–Trinajstić information content (AvgIpc) is 2.41. The number of nitrogens with zero attached hydrogens (tertiary/aromatic N) is 2. The van der Waals surface area contributed by atoms with E-state index in [1.807, 2.05) is 0 Å². The van der Waals surface area contributed by atoms with Crippen LogP contribution in [-0.4, -0.2) is 15.9 Å². The molecule has 1 aromatic heterocycles. The van der Waals surface area contributed by atoms with Crippen molar-refractivity contribution in [3.05, 3.63) is 41.8 Å². The van der Waals surface area contributed by atoms with Gasteiger partial charge in [0.15, 0.2) is 11.5 Å². The summed E-state index contributed by atoms with van der Waals surface area (Å²) in [6.07, 6.45) is 1.58. The van der Waals surface area contributed by atoms with Crippen molar-refractivity contribution in [1.29, 1.82) is 0 Å². The van der Waals surface area contributed by atoms with Crippen LogP contribution in [0, 0.1) is 0 Å². The van der Waals surface area contributed by atoms with Crippen molar-refractivity contribution in [3.8, 4) is 17.4 Å². The van der Waals surface area contributed by atoms with Crippen molar-refractivity contribution in [2.45, 2.75) is 13.3 Å². The summed E-state index contributed by atoms with van der Waals surface area (Å²) in [5, 5.41) is 0.271. The number of ether oxygens (including phenoxy) is 2. The lowest BCUT2D eigenvalue weighted by Crippen LogP contribution is -2.06. The maximum Gasteiger partial charge on any atom is 0.311 e. The number of carbonyl (C=O) groups is 1. The number of hydrogen-bond acceptors (Lipinski definition) is 5. The first kappa shape index (κ1) is 13.3. The molecule has 0 fully saturated rings. The number of esters is 1. The Labute approximate surface area is 115 Å². The minimum absolute atomic E-state index is 0.271. The Bertz CT molecular complexity index is 590. The molecule has 0 aliphatic rings. The second-order valence-corrected chi connectivity index (χ2v) is 3.94. The molecule has 0 unspecified atom stereocenters. The van der Waals surface area contributed by atoms with Crippen molar-refractivity contribution in [2.75, 3.05) is 0 Å². The minimum atomic E-state index is -0.336. The van der Waals surface area contributed by atoms with Crippen molar-refractivity contribution in [2.24, 2.45) is 0 Å². The van der Waals surface area contributed by atoms with Crippen LogP contribution in [0.15, 0.2) is 36.7 Å². The molecule has 0 aliphatic heterocycles. The van der Waals surface area contributed by atoms with E-state index in [-0.39, 0.29) is 23.4 Å². The molecule has 0 N–H and O–H groups in total. The summed E-state index contributed by atoms with van der Waals surface area (Å²) in [7, 11) is 0. The minimum Gasteiger partial charge on any atom is -0.435 e. The highest BCUT2D eigenvalue weighted by atomic mass is 35.5. The topological polar surface area (TPSA) is 61.3 Å². The first-order valence-corrected chi connectivity index (χ1v) is 6.02. The third-order valence-electron chi connectivity index (χ3n) is 2.18. The Balaban J connectivity index is 2.22. The van der Waals surface area contributed by atoms with Gasteiger partial charge >= 0.3 is 5.97 Å². The molecule has 0 amide bonds. The maximum atomic E-state index is 11.3. The summed E-state index contributed by atoms with van der Waals surface area (Å²) in [6, 6.07) is 8.31. The van der Waals surface area contributed by atoms with Crippen LogP contribution in [0.25, 0.3) is 0 Å². The van der Waals surface area contributed by atoms with Gasteiger partial charge in [-0.2, -0.15) is 0 Å². The Morgan fingerprint density at radius 1 is 1.26 bits per heavy atom. The fraction of sp³-hybridized carbons (Fsp3) is 0.154. The lowest BCUT2D eigenvalue weighted by atomic mass is 10.3. The summed E-state index contributed by atoms with van der Waals surface area (Å²) in [5.74, 6) is 0.667. The van der Waals surface area contributed by atoms with Gasteiger partial charge in [-0.1, -0.05) is 30.7 Å². The molecule has 19 heavy (non-hydrogen) atoms. The summed E-state index contributed by atoms with van der Waals surface area (Å²) >= 11 is 5.74.